The van der Waals surface area contributed by atoms with E-state index in [1.807, 2.05) is 19.1 Å². The Hall–Kier alpha value is -2.20. The van der Waals surface area contributed by atoms with Crippen molar-refractivity contribution in [3.63, 3.8) is 0 Å². The second-order valence-corrected chi connectivity index (χ2v) is 4.25. The van der Waals surface area contributed by atoms with Crippen LogP contribution in [0.3, 0.4) is 0 Å². The maximum Gasteiger partial charge on any atom is 0.148 e. The summed E-state index contributed by atoms with van der Waals surface area (Å²) in [6, 6.07) is 10.1. The lowest BCUT2D eigenvalue weighted by Crippen LogP contribution is -2.01. The first-order chi connectivity index (χ1) is 8.50. The number of aryl methyl sites for hydroxylation is 1. The number of rotatable bonds is 2. The van der Waals surface area contributed by atoms with Gasteiger partial charge in [-0.25, -0.2) is 0 Å². The predicted molar refractivity (Wildman–Crippen MR) is 69.4 cm³/mol. The molecule has 4 heteroatoms. The first-order valence-corrected chi connectivity index (χ1v) is 5.55. The molecule has 0 fully saturated rings. The quantitative estimate of drug-likeness (QED) is 0.482. The summed E-state index contributed by atoms with van der Waals surface area (Å²) in [6.07, 6.45) is -0.978. The van der Waals surface area contributed by atoms with Crippen molar-refractivity contribution in [3.05, 3.63) is 53.1 Å². The lowest BCUT2D eigenvalue weighted by atomic mass is 9.99. The lowest BCUT2D eigenvalue weighted by Gasteiger charge is -2.15. The van der Waals surface area contributed by atoms with Crippen molar-refractivity contribution in [3.8, 4) is 11.5 Å². The number of aliphatic hydroxyl groups is 1. The van der Waals surface area contributed by atoms with E-state index in [0.717, 1.165) is 5.56 Å². The molecule has 0 amide bonds. The van der Waals surface area contributed by atoms with Crippen LogP contribution in [0.4, 0.5) is 5.69 Å². The number of nitrogen functional groups attached to an aromatic ring is 1. The minimum atomic E-state index is -0.978. The maximum absolute atomic E-state index is 10.2. The van der Waals surface area contributed by atoms with E-state index >= 15 is 0 Å². The van der Waals surface area contributed by atoms with Crippen LogP contribution in [0.5, 0.6) is 11.5 Å². The molecule has 0 saturated carbocycles. The zero-order valence-corrected chi connectivity index (χ0v) is 9.96. The largest absolute Gasteiger partial charge is 0.506 e. The molecule has 0 aliphatic carbocycles. The molecule has 2 aromatic rings. The van der Waals surface area contributed by atoms with Gasteiger partial charge < -0.3 is 21.1 Å². The van der Waals surface area contributed by atoms with E-state index in [1.165, 1.54) is 12.1 Å². The average Bonchev–Trinajstić information content (AvgIpc) is 2.36. The SMILES string of the molecule is Cc1ccc(C(O)c2ccc(O)c(N)c2O)cc1. The van der Waals surface area contributed by atoms with Gasteiger partial charge in [0.1, 0.15) is 23.3 Å². The van der Waals surface area contributed by atoms with E-state index in [9.17, 15) is 15.3 Å². The molecule has 18 heavy (non-hydrogen) atoms. The van der Waals surface area contributed by atoms with E-state index in [-0.39, 0.29) is 22.7 Å². The number of phenols is 2. The standard InChI is InChI=1S/C14H15NO3/c1-8-2-4-9(5-3-8)13(17)10-6-7-11(16)12(15)14(10)18/h2-7,13,16-18H,15H2,1H3. The summed E-state index contributed by atoms with van der Waals surface area (Å²) in [5, 5.41) is 29.3. The molecule has 0 radical (unpaired) electrons. The van der Waals surface area contributed by atoms with Gasteiger partial charge in [0.25, 0.3) is 0 Å². The Morgan fingerprint density at radius 3 is 2.22 bits per heavy atom. The van der Waals surface area contributed by atoms with Crippen LogP contribution in [0.15, 0.2) is 36.4 Å². The fraction of sp³-hybridized carbons (Fsp3) is 0.143. The minimum Gasteiger partial charge on any atom is -0.506 e. The zero-order chi connectivity index (χ0) is 13.3. The van der Waals surface area contributed by atoms with Gasteiger partial charge in [0.15, 0.2) is 0 Å². The third kappa shape index (κ3) is 2.10. The van der Waals surface area contributed by atoms with E-state index in [2.05, 4.69) is 0 Å². The van der Waals surface area contributed by atoms with Gasteiger partial charge in [-0.15, -0.1) is 0 Å². The summed E-state index contributed by atoms with van der Waals surface area (Å²) in [5.41, 5.74) is 7.40. The number of nitrogens with two attached hydrogens (primary N) is 1. The molecule has 94 valence electrons. The highest BCUT2D eigenvalue weighted by molar-refractivity contribution is 5.65. The molecule has 0 bridgehead atoms. The highest BCUT2D eigenvalue weighted by Crippen LogP contribution is 2.38. The van der Waals surface area contributed by atoms with Gasteiger partial charge in [-0.05, 0) is 24.6 Å². The van der Waals surface area contributed by atoms with Gasteiger partial charge in [0.2, 0.25) is 0 Å². The minimum absolute atomic E-state index is 0.126. The summed E-state index contributed by atoms with van der Waals surface area (Å²) in [7, 11) is 0. The van der Waals surface area contributed by atoms with Crippen molar-refractivity contribution >= 4 is 5.69 Å². The van der Waals surface area contributed by atoms with Crippen molar-refractivity contribution in [1.29, 1.82) is 0 Å². The fourth-order valence-electron chi connectivity index (χ4n) is 1.76. The van der Waals surface area contributed by atoms with Gasteiger partial charge in [-0.1, -0.05) is 29.8 Å². The molecule has 0 heterocycles. The van der Waals surface area contributed by atoms with Crippen LogP contribution < -0.4 is 5.73 Å². The van der Waals surface area contributed by atoms with Crippen LogP contribution in [0.2, 0.25) is 0 Å². The van der Waals surface area contributed by atoms with E-state index in [1.54, 1.807) is 12.1 Å². The van der Waals surface area contributed by atoms with Crippen LogP contribution in [-0.4, -0.2) is 15.3 Å². The third-order valence-electron chi connectivity index (χ3n) is 2.91. The average molecular weight is 245 g/mol. The molecule has 0 aromatic heterocycles. The van der Waals surface area contributed by atoms with Crippen molar-refractivity contribution in [2.45, 2.75) is 13.0 Å². The molecule has 1 unspecified atom stereocenters. The predicted octanol–water partition coefficient (Wildman–Crippen LogP) is 2.07. The van der Waals surface area contributed by atoms with Crippen molar-refractivity contribution < 1.29 is 15.3 Å². The van der Waals surface area contributed by atoms with Gasteiger partial charge in [-0.2, -0.15) is 0 Å². The summed E-state index contributed by atoms with van der Waals surface area (Å²) in [6.45, 7) is 1.95. The van der Waals surface area contributed by atoms with Crippen LogP contribution in [0.25, 0.3) is 0 Å². The molecule has 2 rings (SSSR count). The number of phenolic OH excluding ortho intramolecular Hbond substituents is 2. The van der Waals surface area contributed by atoms with Crippen LogP contribution in [0.1, 0.15) is 22.8 Å². The molecular formula is C14H15NO3. The first kappa shape index (κ1) is 12.3. The fourth-order valence-corrected chi connectivity index (χ4v) is 1.76. The van der Waals surface area contributed by atoms with Crippen LogP contribution in [-0.2, 0) is 0 Å². The number of hydrogen-bond donors (Lipinski definition) is 4. The van der Waals surface area contributed by atoms with Crippen molar-refractivity contribution in [2.24, 2.45) is 0 Å². The molecular weight excluding hydrogens is 230 g/mol. The Kier molecular flexibility index (Phi) is 3.12. The number of anilines is 1. The van der Waals surface area contributed by atoms with Gasteiger partial charge in [0.05, 0.1) is 0 Å². The lowest BCUT2D eigenvalue weighted by molar-refractivity contribution is 0.215. The molecule has 1 atom stereocenters. The summed E-state index contributed by atoms with van der Waals surface area (Å²) in [4.78, 5) is 0. The monoisotopic (exact) mass is 245 g/mol. The highest BCUT2D eigenvalue weighted by atomic mass is 16.3. The molecule has 0 aliphatic heterocycles. The number of hydrogen-bond acceptors (Lipinski definition) is 4. The van der Waals surface area contributed by atoms with E-state index in [0.29, 0.717) is 5.56 Å². The Morgan fingerprint density at radius 1 is 1.00 bits per heavy atom. The van der Waals surface area contributed by atoms with Crippen molar-refractivity contribution in [2.75, 3.05) is 5.73 Å². The Morgan fingerprint density at radius 2 is 1.61 bits per heavy atom. The van der Waals surface area contributed by atoms with E-state index < -0.39 is 6.10 Å². The Bertz CT molecular complexity index is 564. The van der Waals surface area contributed by atoms with Crippen LogP contribution >= 0.6 is 0 Å². The van der Waals surface area contributed by atoms with Gasteiger partial charge in [0, 0.05) is 5.56 Å². The summed E-state index contributed by atoms with van der Waals surface area (Å²) >= 11 is 0. The smallest absolute Gasteiger partial charge is 0.148 e. The molecule has 0 aliphatic rings. The normalized spacial score (nSPS) is 12.3. The number of aromatic hydroxyl groups is 2. The molecule has 5 N–H and O–H groups in total. The molecule has 0 saturated heterocycles. The third-order valence-corrected chi connectivity index (χ3v) is 2.91. The molecule has 2 aromatic carbocycles. The maximum atomic E-state index is 10.2. The van der Waals surface area contributed by atoms with Crippen molar-refractivity contribution in [1.82, 2.24) is 0 Å². The van der Waals surface area contributed by atoms with E-state index in [4.69, 9.17) is 5.73 Å². The zero-order valence-electron chi connectivity index (χ0n) is 9.96. The second kappa shape index (κ2) is 4.58. The number of aliphatic hydroxyl groups excluding tert-OH is 1. The molecule has 0 spiro atoms. The second-order valence-electron chi connectivity index (χ2n) is 4.25. The first-order valence-electron chi connectivity index (χ1n) is 5.55. The summed E-state index contributed by atoms with van der Waals surface area (Å²) in [5.74, 6) is -0.490. The Balaban J connectivity index is 2.43. The van der Waals surface area contributed by atoms with Crippen LogP contribution in [0, 0.1) is 6.92 Å². The summed E-state index contributed by atoms with van der Waals surface area (Å²) < 4.78 is 0. The van der Waals surface area contributed by atoms with Gasteiger partial charge in [-0.3, -0.25) is 0 Å². The Labute approximate surface area is 105 Å². The molecule has 4 nitrogen and oxygen atoms in total. The topological polar surface area (TPSA) is 86.7 Å². The van der Waals surface area contributed by atoms with Gasteiger partial charge >= 0.3 is 0 Å². The highest BCUT2D eigenvalue weighted by Gasteiger charge is 2.17. The number of benzene rings is 2.